The number of likely N-dealkylation sites (tertiary alicyclic amines) is 1. The number of halogens is 1. The largest absolute Gasteiger partial charge is 0.303 e. The molecule has 0 saturated carbocycles. The van der Waals surface area contributed by atoms with Crippen LogP contribution in [-0.4, -0.2) is 53.8 Å². The summed E-state index contributed by atoms with van der Waals surface area (Å²) in [6.45, 7) is 5.90. The molecule has 1 fully saturated rings. The van der Waals surface area contributed by atoms with Gasteiger partial charge in [-0.15, -0.1) is 12.4 Å². The number of aromatic nitrogens is 1. The lowest BCUT2D eigenvalue weighted by Gasteiger charge is -2.39. The van der Waals surface area contributed by atoms with Crippen LogP contribution >= 0.6 is 12.4 Å². The zero-order valence-electron chi connectivity index (χ0n) is 18.6. The van der Waals surface area contributed by atoms with Crippen molar-refractivity contribution in [3.05, 3.63) is 48.2 Å². The third-order valence-corrected chi connectivity index (χ3v) is 8.76. The number of hydrogen-bond acceptors (Lipinski definition) is 6. The molecule has 32 heavy (non-hydrogen) atoms. The lowest BCUT2D eigenvalue weighted by molar-refractivity contribution is -0.133. The summed E-state index contributed by atoms with van der Waals surface area (Å²) in [5.41, 5.74) is 4.35. The first kappa shape index (κ1) is 26.3. The number of pyridine rings is 1. The van der Waals surface area contributed by atoms with Gasteiger partial charge in [-0.05, 0) is 56.0 Å². The van der Waals surface area contributed by atoms with Gasteiger partial charge in [-0.3, -0.25) is 15.0 Å². The number of benzene rings is 1. The second-order valence-electron chi connectivity index (χ2n) is 8.05. The number of aryl methyl sites for hydroxylation is 1. The molecular weight excluding hydrogens is 450 g/mol. The molecular formula is C23H32ClN3O4S. The van der Waals surface area contributed by atoms with E-state index in [1.807, 2.05) is 25.3 Å². The van der Waals surface area contributed by atoms with Crippen molar-refractivity contribution in [2.24, 2.45) is 0 Å². The van der Waals surface area contributed by atoms with Gasteiger partial charge in [0.25, 0.3) is 5.91 Å². The maximum absolute atomic E-state index is 13.5. The Morgan fingerprint density at radius 3 is 2.28 bits per heavy atom. The molecule has 1 aliphatic rings. The molecule has 0 aliphatic carbocycles. The zero-order valence-corrected chi connectivity index (χ0v) is 20.2. The van der Waals surface area contributed by atoms with E-state index in [0.29, 0.717) is 13.1 Å². The van der Waals surface area contributed by atoms with Crippen molar-refractivity contribution in [2.75, 3.05) is 19.6 Å². The first-order chi connectivity index (χ1) is 14.9. The molecule has 2 aromatic rings. The van der Waals surface area contributed by atoms with Crippen molar-refractivity contribution in [1.82, 2.24) is 15.4 Å². The van der Waals surface area contributed by atoms with Crippen LogP contribution in [0.2, 0.25) is 0 Å². The number of sulfone groups is 1. The van der Waals surface area contributed by atoms with Gasteiger partial charge in [-0.2, -0.15) is 0 Å². The molecule has 0 bridgehead atoms. The summed E-state index contributed by atoms with van der Waals surface area (Å²) in [6, 6.07) is 10.5. The summed E-state index contributed by atoms with van der Waals surface area (Å²) >= 11 is 0. The number of hydroxylamine groups is 1. The standard InChI is InChI=1S/C23H31N3O4S.ClH/c1-3-5-6-18-7-12-21(24-17-18)19-8-10-20(11-9-19)31(29,30)23(22(27)25-28)13-15-26(4-2)16-14-23;/h7-12,17,28H,3-6,13-16H2,1-2H3,(H,25,27);1H. The highest BCUT2D eigenvalue weighted by Crippen LogP contribution is 2.36. The summed E-state index contributed by atoms with van der Waals surface area (Å²) in [4.78, 5) is 19.2. The summed E-state index contributed by atoms with van der Waals surface area (Å²) in [7, 11) is -4.00. The number of carbonyl (C=O) groups excluding carboxylic acids is 1. The van der Waals surface area contributed by atoms with Crippen molar-refractivity contribution < 1.29 is 18.4 Å². The third kappa shape index (κ3) is 5.14. The van der Waals surface area contributed by atoms with Crippen LogP contribution in [0, 0.1) is 0 Å². The normalized spacial score (nSPS) is 16.2. The third-order valence-electron chi connectivity index (χ3n) is 6.24. The first-order valence-electron chi connectivity index (χ1n) is 10.8. The molecule has 1 aliphatic heterocycles. The van der Waals surface area contributed by atoms with E-state index in [4.69, 9.17) is 0 Å². The van der Waals surface area contributed by atoms with E-state index in [9.17, 15) is 18.4 Å². The lowest BCUT2D eigenvalue weighted by atomic mass is 9.95. The minimum Gasteiger partial charge on any atom is -0.303 e. The van der Waals surface area contributed by atoms with Crippen LogP contribution in [0.5, 0.6) is 0 Å². The molecule has 0 unspecified atom stereocenters. The van der Waals surface area contributed by atoms with Crippen molar-refractivity contribution >= 4 is 28.2 Å². The Hall–Kier alpha value is -2.00. The average Bonchev–Trinajstić information content (AvgIpc) is 2.82. The van der Waals surface area contributed by atoms with E-state index < -0.39 is 20.5 Å². The SMILES string of the molecule is CCCCc1ccc(-c2ccc(S(=O)(=O)C3(C(=O)NO)CCN(CC)CC3)cc2)nc1.Cl. The van der Waals surface area contributed by atoms with Gasteiger partial charge in [0, 0.05) is 24.8 Å². The van der Waals surface area contributed by atoms with Crippen LogP contribution in [0.1, 0.15) is 45.1 Å². The molecule has 1 saturated heterocycles. The highest BCUT2D eigenvalue weighted by atomic mass is 35.5. The quantitative estimate of drug-likeness (QED) is 0.441. The summed E-state index contributed by atoms with van der Waals surface area (Å²) < 4.78 is 25.3. The van der Waals surface area contributed by atoms with E-state index in [1.165, 1.54) is 17.7 Å². The number of carbonyl (C=O) groups is 1. The molecule has 2 heterocycles. The number of unbranched alkanes of at least 4 members (excludes halogenated alkanes) is 1. The van der Waals surface area contributed by atoms with E-state index in [-0.39, 0.29) is 30.1 Å². The molecule has 1 aromatic heterocycles. The van der Waals surface area contributed by atoms with E-state index in [0.717, 1.165) is 37.1 Å². The van der Waals surface area contributed by atoms with E-state index >= 15 is 0 Å². The highest BCUT2D eigenvalue weighted by molar-refractivity contribution is 7.93. The van der Waals surface area contributed by atoms with Crippen molar-refractivity contribution in [3.63, 3.8) is 0 Å². The number of nitrogens with one attached hydrogen (secondary N) is 1. The Labute approximate surface area is 196 Å². The number of amides is 1. The lowest BCUT2D eigenvalue weighted by Crippen LogP contribution is -2.57. The number of hydrogen-bond donors (Lipinski definition) is 2. The number of nitrogens with zero attached hydrogens (tertiary/aromatic N) is 2. The van der Waals surface area contributed by atoms with Crippen LogP contribution in [0.3, 0.4) is 0 Å². The van der Waals surface area contributed by atoms with Crippen LogP contribution in [0.25, 0.3) is 11.3 Å². The fourth-order valence-electron chi connectivity index (χ4n) is 4.10. The monoisotopic (exact) mass is 481 g/mol. The van der Waals surface area contributed by atoms with Crippen LogP contribution in [0.15, 0.2) is 47.5 Å². The summed E-state index contributed by atoms with van der Waals surface area (Å²) in [5, 5.41) is 9.27. The second-order valence-corrected chi connectivity index (χ2v) is 10.3. The average molecular weight is 482 g/mol. The van der Waals surface area contributed by atoms with Gasteiger partial charge in [-0.1, -0.05) is 38.5 Å². The molecule has 1 aromatic carbocycles. The first-order valence-corrected chi connectivity index (χ1v) is 12.3. The predicted molar refractivity (Wildman–Crippen MR) is 127 cm³/mol. The van der Waals surface area contributed by atoms with Gasteiger partial charge in [0.05, 0.1) is 10.6 Å². The summed E-state index contributed by atoms with van der Waals surface area (Å²) in [5.74, 6) is -0.864. The maximum Gasteiger partial charge on any atom is 0.265 e. The fraction of sp³-hybridized carbons (Fsp3) is 0.478. The molecule has 2 N–H and O–H groups in total. The Balaban J connectivity index is 0.00000363. The summed E-state index contributed by atoms with van der Waals surface area (Å²) in [6.07, 6.45) is 5.37. The van der Waals surface area contributed by atoms with Crippen LogP contribution in [-0.2, 0) is 21.1 Å². The van der Waals surface area contributed by atoms with Crippen molar-refractivity contribution in [2.45, 2.75) is 55.6 Å². The molecule has 0 atom stereocenters. The molecule has 7 nitrogen and oxygen atoms in total. The molecule has 9 heteroatoms. The molecule has 0 radical (unpaired) electrons. The predicted octanol–water partition coefficient (Wildman–Crippen LogP) is 3.65. The smallest absolute Gasteiger partial charge is 0.265 e. The topological polar surface area (TPSA) is 99.6 Å². The van der Waals surface area contributed by atoms with Gasteiger partial charge in [0.15, 0.2) is 14.6 Å². The second kappa shape index (κ2) is 11.2. The van der Waals surface area contributed by atoms with Gasteiger partial charge in [0.1, 0.15) is 0 Å². The zero-order chi connectivity index (χ0) is 22.5. The number of piperidine rings is 1. The Morgan fingerprint density at radius 1 is 1.12 bits per heavy atom. The minimum atomic E-state index is -4.00. The Bertz CT molecular complexity index is 987. The van der Waals surface area contributed by atoms with Crippen molar-refractivity contribution in [3.8, 4) is 11.3 Å². The van der Waals surface area contributed by atoms with Crippen LogP contribution in [0.4, 0.5) is 0 Å². The minimum absolute atomic E-state index is 0. The molecule has 3 rings (SSSR count). The van der Waals surface area contributed by atoms with Gasteiger partial charge in [0.2, 0.25) is 0 Å². The van der Waals surface area contributed by atoms with E-state index in [1.54, 1.807) is 17.6 Å². The molecule has 0 spiro atoms. The van der Waals surface area contributed by atoms with E-state index in [2.05, 4.69) is 16.8 Å². The highest BCUT2D eigenvalue weighted by Gasteiger charge is 2.52. The van der Waals surface area contributed by atoms with Crippen molar-refractivity contribution in [1.29, 1.82) is 0 Å². The molecule has 1 amide bonds. The van der Waals surface area contributed by atoms with Crippen LogP contribution < -0.4 is 5.48 Å². The Morgan fingerprint density at radius 2 is 1.78 bits per heavy atom. The molecule has 176 valence electrons. The fourth-order valence-corrected chi connectivity index (χ4v) is 6.06. The van der Waals surface area contributed by atoms with Gasteiger partial charge >= 0.3 is 0 Å². The maximum atomic E-state index is 13.5. The van der Waals surface area contributed by atoms with Gasteiger partial charge in [-0.25, -0.2) is 13.9 Å². The number of rotatable bonds is 8. The Kier molecular flexibility index (Phi) is 9.21. The van der Waals surface area contributed by atoms with Gasteiger partial charge < -0.3 is 4.90 Å².